The molecule has 56 heavy (non-hydrogen) atoms. The van der Waals surface area contributed by atoms with Crippen LogP contribution in [0.5, 0.6) is 0 Å². The Hall–Kier alpha value is -6.51. The van der Waals surface area contributed by atoms with E-state index in [2.05, 4.69) is 5.32 Å². The lowest BCUT2D eigenvalue weighted by molar-refractivity contribution is -0.177. The van der Waals surface area contributed by atoms with E-state index in [1.54, 1.807) is 36.4 Å². The van der Waals surface area contributed by atoms with Gasteiger partial charge in [-0.1, -0.05) is 60.7 Å². The number of esters is 4. The van der Waals surface area contributed by atoms with Crippen LogP contribution in [0.1, 0.15) is 69.4 Å². The third kappa shape index (κ3) is 9.77. The fraction of sp³-hybridized carbons (Fsp3) is 0.268. The Morgan fingerprint density at radius 3 is 1.88 bits per heavy atom. The molecule has 1 N–H and O–H groups in total. The monoisotopic (exact) mass is 776 g/mol. The first-order valence-corrected chi connectivity index (χ1v) is 17.3. The fourth-order valence-corrected chi connectivity index (χ4v) is 5.64. The summed E-state index contributed by atoms with van der Waals surface area (Å²) in [6.07, 6.45) is -6.95. The zero-order valence-corrected chi connectivity index (χ0v) is 31.1. The molecule has 0 aliphatic carbocycles. The molecular weight excluding hydrogens is 737 g/mol. The number of nitrogens with zero attached hydrogens (tertiary/aromatic N) is 1. The minimum absolute atomic E-state index is 0.00197. The molecule has 0 radical (unpaired) electrons. The Morgan fingerprint density at radius 2 is 1.30 bits per heavy atom. The lowest BCUT2D eigenvalue weighted by atomic mass is 9.77. The largest absolute Gasteiger partial charge is 0.465 e. The molecule has 0 aromatic heterocycles. The number of benzene rings is 4. The molecule has 0 fully saturated rings. The van der Waals surface area contributed by atoms with Gasteiger partial charge in [-0.3, -0.25) is 24.0 Å². The summed E-state index contributed by atoms with van der Waals surface area (Å²) in [7, 11) is 2.89. The normalized spacial score (nSPS) is 11.8. The van der Waals surface area contributed by atoms with Crippen LogP contribution in [0.15, 0.2) is 97.1 Å². The van der Waals surface area contributed by atoms with Gasteiger partial charge < -0.3 is 29.2 Å². The Morgan fingerprint density at radius 1 is 0.714 bits per heavy atom. The molecular formula is C41H39F3N2O10. The number of amides is 2. The topological polar surface area (TPSA) is 155 Å². The fourth-order valence-electron chi connectivity index (χ4n) is 5.64. The van der Waals surface area contributed by atoms with Gasteiger partial charge >= 0.3 is 30.1 Å². The number of halogens is 3. The molecule has 0 heterocycles. The molecule has 12 nitrogen and oxygen atoms in total. The van der Waals surface area contributed by atoms with E-state index in [1.165, 1.54) is 88.3 Å². The first kappa shape index (κ1) is 42.2. The van der Waals surface area contributed by atoms with Crippen molar-refractivity contribution in [2.45, 2.75) is 45.1 Å². The summed E-state index contributed by atoms with van der Waals surface area (Å²) in [6, 6.07) is 21.9. The van der Waals surface area contributed by atoms with Crippen molar-refractivity contribution in [3.05, 3.63) is 125 Å². The second-order valence-corrected chi connectivity index (χ2v) is 12.4. The molecule has 2 amide bonds. The smallest absolute Gasteiger partial charge is 0.416 e. The average Bonchev–Trinajstić information content (AvgIpc) is 3.16. The van der Waals surface area contributed by atoms with Gasteiger partial charge in [0.15, 0.2) is 5.41 Å². The first-order valence-electron chi connectivity index (χ1n) is 17.3. The third-order valence-corrected chi connectivity index (χ3v) is 8.33. The number of carbonyl (C=O) groups is 6. The van der Waals surface area contributed by atoms with Gasteiger partial charge in [0.2, 0.25) is 6.29 Å². The van der Waals surface area contributed by atoms with Crippen LogP contribution in [-0.2, 0) is 44.9 Å². The van der Waals surface area contributed by atoms with Gasteiger partial charge in [0, 0.05) is 26.6 Å². The Bertz CT molecular complexity index is 2070. The number of carbonyl (C=O) groups excluding carboxylic acids is 6. The van der Waals surface area contributed by atoms with Crippen molar-refractivity contribution in [1.29, 1.82) is 0 Å². The van der Waals surface area contributed by atoms with Crippen LogP contribution in [0, 0.1) is 0 Å². The van der Waals surface area contributed by atoms with Gasteiger partial charge in [-0.2, -0.15) is 13.2 Å². The van der Waals surface area contributed by atoms with Crippen LogP contribution in [0.2, 0.25) is 0 Å². The number of ether oxygens (including phenoxy) is 4. The molecule has 0 saturated carbocycles. The quantitative estimate of drug-likeness (QED) is 0.0624. The van der Waals surface area contributed by atoms with Crippen LogP contribution in [0.3, 0.4) is 0 Å². The van der Waals surface area contributed by atoms with E-state index >= 15 is 0 Å². The van der Waals surface area contributed by atoms with Gasteiger partial charge in [-0.05, 0) is 66.9 Å². The minimum Gasteiger partial charge on any atom is -0.465 e. The van der Waals surface area contributed by atoms with E-state index in [0.717, 1.165) is 12.1 Å². The van der Waals surface area contributed by atoms with Crippen molar-refractivity contribution >= 4 is 41.4 Å². The molecule has 1 atom stereocenters. The van der Waals surface area contributed by atoms with Gasteiger partial charge in [0.25, 0.3) is 11.8 Å². The predicted molar refractivity (Wildman–Crippen MR) is 196 cm³/mol. The zero-order valence-electron chi connectivity index (χ0n) is 31.1. The highest BCUT2D eigenvalue weighted by molar-refractivity contribution is 6.12. The van der Waals surface area contributed by atoms with E-state index in [1.807, 2.05) is 0 Å². The molecule has 0 aliphatic heterocycles. The summed E-state index contributed by atoms with van der Waals surface area (Å²) < 4.78 is 60.4. The van der Waals surface area contributed by atoms with Crippen LogP contribution >= 0.6 is 0 Å². The van der Waals surface area contributed by atoms with Crippen molar-refractivity contribution < 1.29 is 60.9 Å². The SMILES string of the molecule is CCOC(=O)C(CC(=O)OC(C)OC(=O)c1ccc(NC(=O)c2ccccc2-c2ccc(C(F)(F)F)cc2)c(C(=O)N(C)C)c1)(C(=O)OCC)c1ccccc1. The zero-order chi connectivity index (χ0) is 41.2. The second-order valence-electron chi connectivity index (χ2n) is 12.4. The molecule has 0 aliphatic rings. The van der Waals surface area contributed by atoms with E-state index in [4.69, 9.17) is 18.9 Å². The highest BCUT2D eigenvalue weighted by atomic mass is 19.4. The summed E-state index contributed by atoms with van der Waals surface area (Å²) in [5.41, 5.74) is -2.49. The van der Waals surface area contributed by atoms with E-state index in [9.17, 15) is 41.9 Å². The van der Waals surface area contributed by atoms with Crippen molar-refractivity contribution in [2.24, 2.45) is 0 Å². The Labute approximate surface area is 320 Å². The third-order valence-electron chi connectivity index (χ3n) is 8.33. The standard InChI is InChI=1S/C41H39F3N2O10/c1-6-53-38(51)40(39(52)54-7-2,28-13-9-8-10-14-28)24-34(47)55-25(3)56-37(50)27-19-22-33(32(23-27)36(49)46(4)5)45-35(48)31-16-12-11-15-30(31)26-17-20-29(21-18-26)41(42,43)44/h8-23,25H,6-7,24H2,1-5H3,(H,45,48). The highest BCUT2D eigenvalue weighted by Gasteiger charge is 2.53. The highest BCUT2D eigenvalue weighted by Crippen LogP contribution is 2.34. The molecule has 4 aromatic rings. The van der Waals surface area contributed by atoms with E-state index in [-0.39, 0.29) is 41.2 Å². The molecule has 4 rings (SSSR count). The number of alkyl halides is 3. The van der Waals surface area contributed by atoms with Gasteiger partial charge in [-0.25, -0.2) is 4.79 Å². The van der Waals surface area contributed by atoms with Gasteiger partial charge in [0.05, 0.1) is 42.0 Å². The van der Waals surface area contributed by atoms with Crippen molar-refractivity contribution in [2.75, 3.05) is 32.6 Å². The van der Waals surface area contributed by atoms with Crippen molar-refractivity contribution in [3.8, 4) is 11.1 Å². The maximum Gasteiger partial charge on any atom is 0.416 e. The maximum atomic E-state index is 13.6. The summed E-state index contributed by atoms with van der Waals surface area (Å²) in [4.78, 5) is 81.2. The number of hydrogen-bond acceptors (Lipinski definition) is 10. The Kier molecular flexibility index (Phi) is 13.7. The molecule has 0 spiro atoms. The predicted octanol–water partition coefficient (Wildman–Crippen LogP) is 6.83. The number of hydrogen-bond donors (Lipinski definition) is 1. The molecule has 4 aromatic carbocycles. The molecule has 0 bridgehead atoms. The number of anilines is 1. The van der Waals surface area contributed by atoms with Crippen LogP contribution < -0.4 is 5.32 Å². The number of nitrogens with one attached hydrogen (secondary N) is 1. The summed E-state index contributed by atoms with van der Waals surface area (Å²) in [5.74, 6) is -5.52. The summed E-state index contributed by atoms with van der Waals surface area (Å²) in [5, 5.41) is 2.65. The van der Waals surface area contributed by atoms with Crippen molar-refractivity contribution in [1.82, 2.24) is 4.90 Å². The van der Waals surface area contributed by atoms with Gasteiger partial charge in [-0.15, -0.1) is 0 Å². The minimum atomic E-state index is -4.54. The Balaban J connectivity index is 1.55. The molecule has 1 unspecified atom stereocenters. The van der Waals surface area contributed by atoms with Crippen LogP contribution in [0.4, 0.5) is 18.9 Å². The summed E-state index contributed by atoms with van der Waals surface area (Å²) >= 11 is 0. The second kappa shape index (κ2) is 18.2. The summed E-state index contributed by atoms with van der Waals surface area (Å²) in [6.45, 7) is 4.08. The van der Waals surface area contributed by atoms with Crippen molar-refractivity contribution in [3.63, 3.8) is 0 Å². The average molecular weight is 777 g/mol. The lowest BCUT2D eigenvalue weighted by Gasteiger charge is -2.29. The maximum absolute atomic E-state index is 13.6. The molecule has 294 valence electrons. The van der Waals surface area contributed by atoms with Crippen LogP contribution in [0.25, 0.3) is 11.1 Å². The van der Waals surface area contributed by atoms with Crippen LogP contribution in [-0.4, -0.2) is 74.2 Å². The molecule has 0 saturated heterocycles. The first-order chi connectivity index (χ1) is 26.5. The molecule has 15 heteroatoms. The lowest BCUT2D eigenvalue weighted by Crippen LogP contribution is -2.48. The number of rotatable bonds is 14. The van der Waals surface area contributed by atoms with E-state index < -0.39 is 65.6 Å². The van der Waals surface area contributed by atoms with Gasteiger partial charge in [0.1, 0.15) is 0 Å². The van der Waals surface area contributed by atoms with E-state index in [0.29, 0.717) is 11.1 Å².